The smallest absolute Gasteiger partial charge is 0.274 e. The zero-order chi connectivity index (χ0) is 20.3. The molecule has 8 nitrogen and oxygen atoms in total. The third-order valence-electron chi connectivity index (χ3n) is 5.43. The number of anilines is 1. The van der Waals surface area contributed by atoms with E-state index >= 15 is 0 Å². The van der Waals surface area contributed by atoms with Gasteiger partial charge in [-0.2, -0.15) is 4.31 Å². The Morgan fingerprint density at radius 2 is 1.69 bits per heavy atom. The van der Waals surface area contributed by atoms with Crippen LogP contribution >= 0.6 is 0 Å². The highest BCUT2D eigenvalue weighted by atomic mass is 32.2. The quantitative estimate of drug-likeness (QED) is 0.802. The molecule has 2 aliphatic heterocycles. The molecule has 4 rings (SSSR count). The van der Waals surface area contributed by atoms with Crippen LogP contribution in [0.3, 0.4) is 0 Å². The number of aromatic nitrogens is 2. The Morgan fingerprint density at radius 3 is 2.38 bits per heavy atom. The second kappa shape index (κ2) is 8.46. The second-order valence-electron chi connectivity index (χ2n) is 7.42. The molecule has 0 aliphatic carbocycles. The van der Waals surface area contributed by atoms with Gasteiger partial charge in [0, 0.05) is 32.2 Å². The van der Waals surface area contributed by atoms with E-state index in [9.17, 15) is 13.2 Å². The molecule has 3 heterocycles. The summed E-state index contributed by atoms with van der Waals surface area (Å²) < 4.78 is 27.0. The van der Waals surface area contributed by atoms with Gasteiger partial charge in [0.15, 0.2) is 0 Å². The summed E-state index contributed by atoms with van der Waals surface area (Å²) in [6.45, 7) is 2.42. The predicted molar refractivity (Wildman–Crippen MR) is 109 cm³/mol. The van der Waals surface area contributed by atoms with Crippen molar-refractivity contribution in [2.75, 3.05) is 31.5 Å². The topological polar surface area (TPSA) is 95.5 Å². The molecule has 1 amide bonds. The van der Waals surface area contributed by atoms with E-state index in [1.165, 1.54) is 10.5 Å². The Balaban J connectivity index is 1.36. The lowest BCUT2D eigenvalue weighted by Crippen LogP contribution is -2.42. The minimum Gasteiger partial charge on any atom is -0.366 e. The molecule has 0 radical (unpaired) electrons. The van der Waals surface area contributed by atoms with Crippen molar-refractivity contribution in [2.24, 2.45) is 0 Å². The van der Waals surface area contributed by atoms with Crippen LogP contribution in [-0.4, -0.2) is 65.7 Å². The van der Waals surface area contributed by atoms with Gasteiger partial charge in [-0.3, -0.25) is 9.78 Å². The van der Waals surface area contributed by atoms with Crippen molar-refractivity contribution in [1.29, 1.82) is 0 Å². The Morgan fingerprint density at radius 1 is 1.00 bits per heavy atom. The van der Waals surface area contributed by atoms with E-state index < -0.39 is 10.0 Å². The number of amides is 1. The third-order valence-corrected chi connectivity index (χ3v) is 7.35. The summed E-state index contributed by atoms with van der Waals surface area (Å²) in [5, 5.41) is 3.31. The molecule has 9 heteroatoms. The number of nitrogens with zero attached hydrogens (tertiary/aromatic N) is 4. The number of rotatable bonds is 5. The van der Waals surface area contributed by atoms with Gasteiger partial charge in [0.2, 0.25) is 10.0 Å². The number of sulfonamides is 1. The Bertz CT molecular complexity index is 953. The van der Waals surface area contributed by atoms with E-state index in [-0.39, 0.29) is 11.9 Å². The fraction of sp³-hybridized carbons (Fsp3) is 0.450. The van der Waals surface area contributed by atoms with E-state index in [1.54, 1.807) is 41.4 Å². The van der Waals surface area contributed by atoms with Crippen LogP contribution in [0.25, 0.3) is 0 Å². The van der Waals surface area contributed by atoms with Gasteiger partial charge < -0.3 is 10.2 Å². The van der Waals surface area contributed by atoms with Gasteiger partial charge >= 0.3 is 0 Å². The molecule has 2 fully saturated rings. The van der Waals surface area contributed by atoms with Crippen molar-refractivity contribution in [3.8, 4) is 0 Å². The first-order valence-electron chi connectivity index (χ1n) is 9.97. The van der Waals surface area contributed by atoms with Gasteiger partial charge in [0.25, 0.3) is 5.91 Å². The minimum atomic E-state index is -3.46. The number of likely N-dealkylation sites (tertiary alicyclic amines) is 1. The minimum absolute atomic E-state index is 0.0811. The van der Waals surface area contributed by atoms with Crippen LogP contribution in [0.4, 0.5) is 5.82 Å². The van der Waals surface area contributed by atoms with Crippen LogP contribution in [-0.2, 0) is 10.0 Å². The van der Waals surface area contributed by atoms with Crippen LogP contribution in [0.15, 0.2) is 47.6 Å². The molecule has 2 aromatic rings. The van der Waals surface area contributed by atoms with Crippen LogP contribution in [0.1, 0.15) is 36.2 Å². The number of carbonyl (C=O) groups is 1. The molecule has 0 saturated carbocycles. The Labute approximate surface area is 171 Å². The summed E-state index contributed by atoms with van der Waals surface area (Å²) in [6, 6.07) is 8.60. The van der Waals surface area contributed by atoms with Crippen LogP contribution in [0.5, 0.6) is 0 Å². The number of piperidine rings is 1. The van der Waals surface area contributed by atoms with Gasteiger partial charge in [-0.15, -0.1) is 0 Å². The summed E-state index contributed by atoms with van der Waals surface area (Å²) in [7, 11) is -3.46. The molecule has 0 spiro atoms. The highest BCUT2D eigenvalue weighted by Gasteiger charge is 2.29. The Hall–Kier alpha value is -2.52. The summed E-state index contributed by atoms with van der Waals surface area (Å²) in [5.41, 5.74) is 0.348. The summed E-state index contributed by atoms with van der Waals surface area (Å²) in [4.78, 5) is 23.2. The van der Waals surface area contributed by atoms with E-state index in [2.05, 4.69) is 15.3 Å². The third kappa shape index (κ3) is 4.40. The molecule has 29 heavy (non-hydrogen) atoms. The first-order valence-corrected chi connectivity index (χ1v) is 11.4. The van der Waals surface area contributed by atoms with E-state index in [0.717, 1.165) is 25.9 Å². The van der Waals surface area contributed by atoms with Crippen molar-refractivity contribution in [1.82, 2.24) is 19.2 Å². The lowest BCUT2D eigenvalue weighted by atomic mass is 10.1. The fourth-order valence-corrected chi connectivity index (χ4v) is 5.30. The number of carbonyl (C=O) groups excluding carboxylic acids is 1. The lowest BCUT2D eigenvalue weighted by molar-refractivity contribution is 0.0786. The average molecular weight is 416 g/mol. The standard InChI is InChI=1S/C20H25N5O3S/c26-20(24-10-4-5-11-24)18-14-21-15-19(23-18)22-16-8-12-25(13-9-16)29(27,28)17-6-2-1-3-7-17/h1-3,6-7,14-16H,4-5,8-13H2,(H,22,23). The van der Waals surface area contributed by atoms with Crippen molar-refractivity contribution < 1.29 is 13.2 Å². The van der Waals surface area contributed by atoms with E-state index in [1.807, 2.05) is 0 Å². The SMILES string of the molecule is O=C(c1cncc(NC2CCN(S(=O)(=O)c3ccccc3)CC2)n1)N1CCCC1. The molecule has 0 bridgehead atoms. The molecule has 1 N–H and O–H groups in total. The molecule has 154 valence electrons. The van der Waals surface area contributed by atoms with Gasteiger partial charge in [-0.25, -0.2) is 13.4 Å². The fourth-order valence-electron chi connectivity index (χ4n) is 3.81. The molecular weight excluding hydrogens is 390 g/mol. The average Bonchev–Trinajstić information content (AvgIpc) is 3.29. The number of hydrogen-bond donors (Lipinski definition) is 1. The molecule has 0 unspecified atom stereocenters. The molecule has 1 aromatic carbocycles. The highest BCUT2D eigenvalue weighted by molar-refractivity contribution is 7.89. The second-order valence-corrected chi connectivity index (χ2v) is 9.36. The van der Waals surface area contributed by atoms with Crippen molar-refractivity contribution in [3.63, 3.8) is 0 Å². The lowest BCUT2D eigenvalue weighted by Gasteiger charge is -2.31. The van der Waals surface area contributed by atoms with Crippen LogP contribution in [0, 0.1) is 0 Å². The number of hydrogen-bond acceptors (Lipinski definition) is 6. The van der Waals surface area contributed by atoms with Crippen LogP contribution < -0.4 is 5.32 Å². The zero-order valence-electron chi connectivity index (χ0n) is 16.2. The highest BCUT2D eigenvalue weighted by Crippen LogP contribution is 2.22. The molecule has 1 aromatic heterocycles. The number of benzene rings is 1. The summed E-state index contributed by atoms with van der Waals surface area (Å²) in [6.07, 6.45) is 6.49. The Kier molecular flexibility index (Phi) is 5.77. The molecule has 2 saturated heterocycles. The van der Waals surface area contributed by atoms with Gasteiger partial charge in [-0.1, -0.05) is 18.2 Å². The van der Waals surface area contributed by atoms with E-state index in [4.69, 9.17) is 0 Å². The zero-order valence-corrected chi connectivity index (χ0v) is 17.0. The van der Waals surface area contributed by atoms with Crippen molar-refractivity contribution in [2.45, 2.75) is 36.6 Å². The molecular formula is C20H25N5O3S. The summed E-state index contributed by atoms with van der Waals surface area (Å²) >= 11 is 0. The first kappa shape index (κ1) is 19.8. The summed E-state index contributed by atoms with van der Waals surface area (Å²) in [5.74, 6) is 0.474. The van der Waals surface area contributed by atoms with Gasteiger partial charge in [0.05, 0.1) is 17.3 Å². The maximum atomic E-state index is 12.7. The number of nitrogens with one attached hydrogen (secondary N) is 1. The normalized spacial score (nSPS) is 18.7. The first-order chi connectivity index (χ1) is 14.0. The molecule has 2 aliphatic rings. The van der Waals surface area contributed by atoms with Gasteiger partial charge in [0.1, 0.15) is 11.5 Å². The monoisotopic (exact) mass is 415 g/mol. The predicted octanol–water partition coefficient (Wildman–Crippen LogP) is 1.98. The van der Waals surface area contributed by atoms with Gasteiger partial charge in [-0.05, 0) is 37.8 Å². The largest absolute Gasteiger partial charge is 0.366 e. The van der Waals surface area contributed by atoms with E-state index in [0.29, 0.717) is 42.3 Å². The molecule has 0 atom stereocenters. The van der Waals surface area contributed by atoms with Crippen molar-refractivity contribution in [3.05, 3.63) is 48.4 Å². The van der Waals surface area contributed by atoms with Crippen molar-refractivity contribution >= 4 is 21.7 Å². The maximum Gasteiger partial charge on any atom is 0.274 e. The van der Waals surface area contributed by atoms with Crippen LogP contribution in [0.2, 0.25) is 0 Å². The maximum absolute atomic E-state index is 12.7.